The van der Waals surface area contributed by atoms with E-state index in [2.05, 4.69) is 12.6 Å². The Morgan fingerprint density at radius 1 is 1.47 bits per heavy atom. The smallest absolute Gasteiger partial charge is 1.00 e. The Bertz CT molecular complexity index is 490. The van der Waals surface area contributed by atoms with E-state index in [1.807, 2.05) is 0 Å². The first-order valence-corrected chi connectivity index (χ1v) is 6.36. The summed E-state index contributed by atoms with van der Waals surface area (Å²) in [5.41, 5.74) is 0.294. The molecule has 78 valence electrons. The summed E-state index contributed by atoms with van der Waals surface area (Å²) in [6, 6.07) is 4.14. The largest absolute Gasteiger partial charge is 1.00 e. The van der Waals surface area contributed by atoms with Crippen LogP contribution in [0.5, 0.6) is 0 Å². The van der Waals surface area contributed by atoms with Gasteiger partial charge in [0.05, 0.1) is 4.90 Å². The van der Waals surface area contributed by atoms with Gasteiger partial charge in [-0.05, 0) is 19.1 Å². The van der Waals surface area contributed by atoms with Crippen molar-refractivity contribution in [3.05, 3.63) is 23.8 Å². The van der Waals surface area contributed by atoms with Crippen LogP contribution in [0.3, 0.4) is 0 Å². The summed E-state index contributed by atoms with van der Waals surface area (Å²) < 4.78 is 22.1. The maximum Gasteiger partial charge on any atom is 1.00 e. The van der Waals surface area contributed by atoms with Crippen molar-refractivity contribution in [3.8, 4) is 0 Å². The zero-order valence-electron chi connectivity index (χ0n) is 9.19. The predicted molar refractivity (Wildman–Crippen MR) is 57.8 cm³/mol. The first-order chi connectivity index (χ1) is 6.32. The molecule has 0 N–H and O–H groups in total. The molecular weight excluding hydrogens is 267 g/mol. The maximum atomic E-state index is 11.0. The van der Waals surface area contributed by atoms with Crippen LogP contribution < -0.4 is 29.6 Å². The number of ketones is 1. The van der Waals surface area contributed by atoms with Crippen LogP contribution in [0.1, 0.15) is 18.7 Å². The van der Waals surface area contributed by atoms with Gasteiger partial charge in [0.25, 0.3) is 9.05 Å². The number of halogens is 1. The van der Waals surface area contributed by atoms with Gasteiger partial charge in [-0.3, -0.25) is 4.79 Å². The minimum absolute atomic E-state index is 0. The van der Waals surface area contributed by atoms with E-state index in [-0.39, 0.29) is 46.6 Å². The molecule has 0 radical (unpaired) electrons. The zero-order chi connectivity index (χ0) is 10.9. The van der Waals surface area contributed by atoms with Crippen molar-refractivity contribution in [2.24, 2.45) is 0 Å². The fourth-order valence-electron chi connectivity index (χ4n) is 0.928. The van der Waals surface area contributed by atoms with E-state index in [4.69, 9.17) is 10.7 Å². The summed E-state index contributed by atoms with van der Waals surface area (Å²) in [5, 5.41) is 0. The SMILES string of the molecule is CC(=O)c1ccc(S)c(S(=O)(=O)Cl)c1.[H-].[Na+]. The molecule has 0 saturated heterocycles. The van der Waals surface area contributed by atoms with Crippen molar-refractivity contribution >= 4 is 38.1 Å². The summed E-state index contributed by atoms with van der Waals surface area (Å²) in [5.74, 6) is -0.222. The Morgan fingerprint density at radius 2 is 2.00 bits per heavy atom. The normalized spacial score (nSPS) is 10.6. The van der Waals surface area contributed by atoms with Crippen LogP contribution in [0.25, 0.3) is 0 Å². The fourth-order valence-corrected chi connectivity index (χ4v) is 2.56. The number of hydrogen-bond donors (Lipinski definition) is 1. The standard InChI is InChI=1S/C8H7ClO3S2.Na.H/c1-5(10)6-2-3-7(13)8(4-6)14(9,11)12;;/h2-4,13H,1H3;;/q;+1;-1. The van der Waals surface area contributed by atoms with Gasteiger partial charge in [0, 0.05) is 21.1 Å². The van der Waals surface area contributed by atoms with Gasteiger partial charge >= 0.3 is 29.6 Å². The number of rotatable bonds is 2. The van der Waals surface area contributed by atoms with Crippen molar-refractivity contribution in [2.45, 2.75) is 16.7 Å². The van der Waals surface area contributed by atoms with Crippen LogP contribution in [0.15, 0.2) is 28.0 Å². The molecule has 1 rings (SSSR count). The minimum atomic E-state index is -3.85. The monoisotopic (exact) mass is 274 g/mol. The van der Waals surface area contributed by atoms with Crippen LogP contribution in [0.4, 0.5) is 0 Å². The number of hydrogen-bond acceptors (Lipinski definition) is 4. The molecular formula is C8H8ClNaO3S2. The van der Waals surface area contributed by atoms with Crippen molar-refractivity contribution in [1.29, 1.82) is 0 Å². The van der Waals surface area contributed by atoms with Gasteiger partial charge in [-0.25, -0.2) is 8.42 Å². The van der Waals surface area contributed by atoms with Crippen molar-refractivity contribution in [3.63, 3.8) is 0 Å². The average molecular weight is 275 g/mol. The molecule has 0 heterocycles. The molecule has 0 amide bonds. The first-order valence-electron chi connectivity index (χ1n) is 3.61. The number of carbonyl (C=O) groups excluding carboxylic acids is 1. The molecule has 0 spiro atoms. The van der Waals surface area contributed by atoms with Gasteiger partial charge in [0.1, 0.15) is 0 Å². The van der Waals surface area contributed by atoms with Crippen molar-refractivity contribution < 1.29 is 44.2 Å². The summed E-state index contributed by atoms with van der Waals surface area (Å²) in [6.45, 7) is 1.35. The number of carbonyl (C=O) groups is 1. The van der Waals surface area contributed by atoms with Crippen molar-refractivity contribution in [1.82, 2.24) is 0 Å². The molecule has 0 aliphatic heterocycles. The Morgan fingerprint density at radius 3 is 2.40 bits per heavy atom. The molecule has 15 heavy (non-hydrogen) atoms. The van der Waals surface area contributed by atoms with Crippen molar-refractivity contribution in [2.75, 3.05) is 0 Å². The number of Topliss-reactive ketones (excluding diaryl/α,β-unsaturated/α-hetero) is 1. The molecule has 0 atom stereocenters. The van der Waals surface area contributed by atoms with E-state index in [0.717, 1.165) is 0 Å². The molecule has 0 aliphatic carbocycles. The molecule has 0 saturated carbocycles. The molecule has 0 bridgehead atoms. The minimum Gasteiger partial charge on any atom is -1.00 e. The summed E-state index contributed by atoms with van der Waals surface area (Å²) in [6.07, 6.45) is 0. The molecule has 0 fully saturated rings. The molecule has 0 aliphatic rings. The van der Waals surface area contributed by atoms with E-state index < -0.39 is 9.05 Å². The van der Waals surface area contributed by atoms with E-state index in [1.54, 1.807) is 0 Å². The summed E-state index contributed by atoms with van der Waals surface area (Å²) >= 11 is 3.93. The average Bonchev–Trinajstić information content (AvgIpc) is 2.02. The Labute approximate surface area is 122 Å². The molecule has 0 aromatic heterocycles. The molecule has 0 unspecified atom stereocenters. The van der Waals surface area contributed by atoms with E-state index in [0.29, 0.717) is 5.56 Å². The molecule has 1 aromatic carbocycles. The number of thiol groups is 1. The Hall–Kier alpha value is 0.480. The third-order valence-corrected chi connectivity index (χ3v) is 3.53. The van der Waals surface area contributed by atoms with Crippen LogP contribution >= 0.6 is 23.3 Å². The third-order valence-electron chi connectivity index (χ3n) is 1.63. The van der Waals surface area contributed by atoms with Gasteiger partial charge in [0.2, 0.25) is 0 Å². The van der Waals surface area contributed by atoms with E-state index in [1.165, 1.54) is 25.1 Å². The van der Waals surface area contributed by atoms with Gasteiger partial charge in [-0.2, -0.15) is 0 Å². The fraction of sp³-hybridized carbons (Fsp3) is 0.125. The van der Waals surface area contributed by atoms with Crippen LogP contribution in [-0.4, -0.2) is 14.2 Å². The molecule has 1 aromatic rings. The summed E-state index contributed by atoms with van der Waals surface area (Å²) in [4.78, 5) is 11.1. The number of benzene rings is 1. The molecule has 3 nitrogen and oxygen atoms in total. The topological polar surface area (TPSA) is 51.2 Å². The summed E-state index contributed by atoms with van der Waals surface area (Å²) in [7, 11) is 1.31. The van der Waals surface area contributed by atoms with E-state index in [9.17, 15) is 13.2 Å². The zero-order valence-corrected chi connectivity index (χ0v) is 12.7. The Balaban J connectivity index is 0. The van der Waals surface area contributed by atoms with Crippen LogP contribution in [0.2, 0.25) is 0 Å². The maximum absolute atomic E-state index is 11.0. The van der Waals surface area contributed by atoms with Crippen LogP contribution in [-0.2, 0) is 9.05 Å². The van der Waals surface area contributed by atoms with Gasteiger partial charge in [0.15, 0.2) is 5.78 Å². The van der Waals surface area contributed by atoms with Gasteiger partial charge in [-0.15, -0.1) is 12.6 Å². The second-order valence-corrected chi connectivity index (χ2v) is 5.69. The van der Waals surface area contributed by atoms with Gasteiger partial charge in [-0.1, -0.05) is 6.07 Å². The van der Waals surface area contributed by atoms with E-state index >= 15 is 0 Å². The second kappa shape index (κ2) is 5.70. The Kier molecular flexibility index (Phi) is 5.89. The first kappa shape index (κ1) is 15.5. The second-order valence-electron chi connectivity index (χ2n) is 2.68. The predicted octanol–water partition coefficient (Wildman–Crippen LogP) is -0.778. The molecule has 7 heteroatoms. The van der Waals surface area contributed by atoms with Gasteiger partial charge < -0.3 is 1.43 Å². The van der Waals surface area contributed by atoms with Crippen LogP contribution in [0, 0.1) is 0 Å². The third kappa shape index (κ3) is 4.09. The quantitative estimate of drug-likeness (QED) is 0.333.